The third kappa shape index (κ3) is 4.30. The van der Waals surface area contributed by atoms with Crippen LogP contribution in [-0.4, -0.2) is 34.7 Å². The van der Waals surface area contributed by atoms with Crippen LogP contribution in [0, 0.1) is 0 Å². The van der Waals surface area contributed by atoms with Gasteiger partial charge in [0.1, 0.15) is 6.54 Å². The third-order valence-electron chi connectivity index (χ3n) is 4.13. The first-order valence-corrected chi connectivity index (χ1v) is 7.85. The topological polar surface area (TPSA) is 34.9 Å². The summed E-state index contributed by atoms with van der Waals surface area (Å²) in [6, 6.07) is 17.9. The lowest BCUT2D eigenvalue weighted by atomic mass is 10.2. The molecule has 24 heavy (non-hydrogen) atoms. The van der Waals surface area contributed by atoms with Crippen molar-refractivity contribution in [1.29, 1.82) is 0 Å². The van der Waals surface area contributed by atoms with Gasteiger partial charge >= 0.3 is 0 Å². The van der Waals surface area contributed by atoms with Gasteiger partial charge in [-0.2, -0.15) is 0 Å². The Kier molecular flexibility index (Phi) is 5.91. The van der Waals surface area contributed by atoms with E-state index in [2.05, 4.69) is 43.3 Å². The van der Waals surface area contributed by atoms with E-state index in [-0.39, 0.29) is 22.5 Å². The van der Waals surface area contributed by atoms with E-state index in [1.165, 1.54) is 5.56 Å². The Morgan fingerprint density at radius 3 is 2.42 bits per heavy atom. The third-order valence-corrected chi connectivity index (χ3v) is 4.13. The molecular weight excluding hydrogens is 366 g/mol. The van der Waals surface area contributed by atoms with E-state index in [9.17, 15) is 4.79 Å². The minimum Gasteiger partial charge on any atom is -1.00 e. The fourth-order valence-electron chi connectivity index (χ4n) is 2.80. The number of quaternary nitrogens is 1. The van der Waals surface area contributed by atoms with E-state index < -0.39 is 0 Å². The van der Waals surface area contributed by atoms with Crippen molar-refractivity contribution >= 4 is 10.9 Å². The number of aromatic nitrogens is 2. The lowest BCUT2D eigenvalue weighted by molar-refractivity contribution is -0.904. The molecule has 0 unspecified atom stereocenters. The average molecular weight is 388 g/mol. The quantitative estimate of drug-likeness (QED) is 0.562. The first kappa shape index (κ1) is 18.4. The SMILES string of the molecule is C[N+](C)(CCn1cnc2ccccc2c1=O)Cc1ccccc1.[Br-]. The highest BCUT2D eigenvalue weighted by Crippen LogP contribution is 2.10. The lowest BCUT2D eigenvalue weighted by Gasteiger charge is -2.30. The molecule has 0 bridgehead atoms. The summed E-state index contributed by atoms with van der Waals surface area (Å²) < 4.78 is 2.54. The summed E-state index contributed by atoms with van der Waals surface area (Å²) >= 11 is 0. The minimum absolute atomic E-state index is 0. The summed E-state index contributed by atoms with van der Waals surface area (Å²) in [5, 5.41) is 0.684. The Morgan fingerprint density at radius 2 is 1.67 bits per heavy atom. The van der Waals surface area contributed by atoms with Crippen LogP contribution in [0.2, 0.25) is 0 Å². The van der Waals surface area contributed by atoms with E-state index >= 15 is 0 Å². The van der Waals surface area contributed by atoms with Crippen molar-refractivity contribution in [3.05, 3.63) is 76.8 Å². The van der Waals surface area contributed by atoms with Gasteiger partial charge in [0.15, 0.2) is 0 Å². The monoisotopic (exact) mass is 387 g/mol. The second kappa shape index (κ2) is 7.73. The highest BCUT2D eigenvalue weighted by molar-refractivity contribution is 5.76. The first-order chi connectivity index (χ1) is 11.1. The number of nitrogens with zero attached hydrogens (tertiary/aromatic N) is 3. The van der Waals surface area contributed by atoms with Crippen molar-refractivity contribution in [1.82, 2.24) is 9.55 Å². The van der Waals surface area contributed by atoms with Crippen molar-refractivity contribution in [2.24, 2.45) is 0 Å². The molecule has 0 aliphatic heterocycles. The number of benzene rings is 2. The molecule has 0 aliphatic rings. The van der Waals surface area contributed by atoms with Crippen LogP contribution >= 0.6 is 0 Å². The highest BCUT2D eigenvalue weighted by atomic mass is 79.9. The van der Waals surface area contributed by atoms with Crippen LogP contribution in [0.25, 0.3) is 10.9 Å². The van der Waals surface area contributed by atoms with Crippen molar-refractivity contribution in [3.8, 4) is 0 Å². The molecule has 0 N–H and O–H groups in total. The van der Waals surface area contributed by atoms with Gasteiger partial charge in [0.05, 0.1) is 44.4 Å². The summed E-state index contributed by atoms with van der Waals surface area (Å²) in [5.41, 5.74) is 2.10. The maximum Gasteiger partial charge on any atom is 0.261 e. The van der Waals surface area contributed by atoms with Crippen LogP contribution < -0.4 is 22.5 Å². The molecule has 0 amide bonds. The van der Waals surface area contributed by atoms with Gasteiger partial charge in [-0.1, -0.05) is 42.5 Å². The molecular formula is C19H22BrN3O. The van der Waals surface area contributed by atoms with Crippen LogP contribution in [0.4, 0.5) is 0 Å². The largest absolute Gasteiger partial charge is 1.00 e. The summed E-state index contributed by atoms with van der Waals surface area (Å²) in [5.74, 6) is 0. The second-order valence-electron chi connectivity index (χ2n) is 6.56. The molecule has 1 heterocycles. The summed E-state index contributed by atoms with van der Waals surface area (Å²) in [6.45, 7) is 2.47. The zero-order valence-corrected chi connectivity index (χ0v) is 15.6. The van der Waals surface area contributed by atoms with Gasteiger partial charge in [-0.15, -0.1) is 0 Å². The molecule has 2 aromatic carbocycles. The van der Waals surface area contributed by atoms with E-state index in [4.69, 9.17) is 0 Å². The zero-order chi connectivity index (χ0) is 16.3. The molecule has 3 rings (SSSR count). The van der Waals surface area contributed by atoms with Crippen LogP contribution in [0.3, 0.4) is 0 Å². The molecule has 4 nitrogen and oxygen atoms in total. The molecule has 0 aliphatic carbocycles. The Hall–Kier alpha value is -1.98. The van der Waals surface area contributed by atoms with Gasteiger partial charge < -0.3 is 21.5 Å². The molecule has 0 radical (unpaired) electrons. The molecule has 0 saturated carbocycles. The smallest absolute Gasteiger partial charge is 0.261 e. The van der Waals surface area contributed by atoms with E-state index in [1.54, 1.807) is 10.9 Å². The molecule has 0 spiro atoms. The van der Waals surface area contributed by atoms with Crippen LogP contribution in [0.5, 0.6) is 0 Å². The molecule has 0 saturated heterocycles. The van der Waals surface area contributed by atoms with E-state index in [1.807, 2.05) is 30.3 Å². The molecule has 0 fully saturated rings. The van der Waals surface area contributed by atoms with Crippen LogP contribution in [-0.2, 0) is 13.1 Å². The predicted molar refractivity (Wildman–Crippen MR) is 93.1 cm³/mol. The van der Waals surface area contributed by atoms with Gasteiger partial charge in [0.25, 0.3) is 5.56 Å². The van der Waals surface area contributed by atoms with Crippen molar-refractivity contribution in [3.63, 3.8) is 0 Å². The summed E-state index contributed by atoms with van der Waals surface area (Å²) in [7, 11) is 4.37. The Labute approximate surface area is 152 Å². The van der Waals surface area contributed by atoms with Crippen molar-refractivity contribution < 1.29 is 21.5 Å². The summed E-state index contributed by atoms with van der Waals surface area (Å²) in [4.78, 5) is 16.9. The number of fused-ring (bicyclic) bond motifs is 1. The average Bonchev–Trinajstić information content (AvgIpc) is 2.55. The van der Waals surface area contributed by atoms with Gasteiger partial charge in [-0.3, -0.25) is 9.36 Å². The number of halogens is 1. The van der Waals surface area contributed by atoms with Gasteiger partial charge in [0.2, 0.25) is 0 Å². The van der Waals surface area contributed by atoms with Crippen molar-refractivity contribution in [2.45, 2.75) is 13.1 Å². The van der Waals surface area contributed by atoms with Gasteiger partial charge in [-0.05, 0) is 12.1 Å². The van der Waals surface area contributed by atoms with Gasteiger partial charge in [0, 0.05) is 5.56 Å². The van der Waals surface area contributed by atoms with Crippen molar-refractivity contribution in [2.75, 3.05) is 20.6 Å². The van der Waals surface area contributed by atoms with Crippen LogP contribution in [0.15, 0.2) is 65.7 Å². The molecule has 5 heteroatoms. The fraction of sp³-hybridized carbons (Fsp3) is 0.263. The number of hydrogen-bond donors (Lipinski definition) is 0. The van der Waals surface area contributed by atoms with E-state index in [0.29, 0.717) is 11.9 Å². The first-order valence-electron chi connectivity index (χ1n) is 7.85. The number of para-hydroxylation sites is 1. The van der Waals surface area contributed by atoms with Crippen LogP contribution in [0.1, 0.15) is 5.56 Å². The highest BCUT2D eigenvalue weighted by Gasteiger charge is 2.16. The number of likely N-dealkylation sites (N-methyl/N-ethyl adjacent to an activating group) is 1. The Bertz CT molecular complexity index is 859. The van der Waals surface area contributed by atoms with Gasteiger partial charge in [-0.25, -0.2) is 4.98 Å². The predicted octanol–water partition coefficient (Wildman–Crippen LogP) is -0.323. The standard InChI is InChI=1S/C19H22N3O.BrH/c1-22(2,14-16-8-4-3-5-9-16)13-12-21-15-20-18-11-7-6-10-17(18)19(21)23;/h3-11,15H,12-14H2,1-2H3;1H/q+1;/p-1. The second-order valence-corrected chi connectivity index (χ2v) is 6.56. The number of hydrogen-bond acceptors (Lipinski definition) is 2. The number of rotatable bonds is 5. The maximum absolute atomic E-state index is 12.5. The van der Waals surface area contributed by atoms with E-state index in [0.717, 1.165) is 23.1 Å². The normalized spacial score (nSPS) is 11.2. The Balaban J connectivity index is 0.00000208. The Morgan fingerprint density at radius 1 is 1.00 bits per heavy atom. The molecule has 0 atom stereocenters. The lowest BCUT2D eigenvalue weighted by Crippen LogP contribution is -3.00. The minimum atomic E-state index is 0. The summed E-state index contributed by atoms with van der Waals surface area (Å²) in [6.07, 6.45) is 1.66. The zero-order valence-electron chi connectivity index (χ0n) is 14.0. The molecule has 3 aromatic rings. The molecule has 1 aromatic heterocycles. The fourth-order valence-corrected chi connectivity index (χ4v) is 2.80. The molecule has 126 valence electrons. The maximum atomic E-state index is 12.5.